The van der Waals surface area contributed by atoms with Gasteiger partial charge in [-0.15, -0.1) is 0 Å². The standard InChI is InChI=1S/C22H29NO4/c1-15(11-17-7-9-20(25-6)10-8-17)16(2)18-12-19(14-26-13-18)23-21(24)27-22(3,4)5/h7-12,19H,2,13-14H2,1,3-6H3,(H,23,24)/b15-11+/t19-/m1/s1. The van der Waals surface area contributed by atoms with Crippen LogP contribution in [0.4, 0.5) is 4.79 Å². The van der Waals surface area contributed by atoms with Crippen LogP contribution in [0.3, 0.4) is 0 Å². The van der Waals surface area contributed by atoms with Gasteiger partial charge in [-0.1, -0.05) is 30.9 Å². The maximum absolute atomic E-state index is 12.0. The first-order valence-electron chi connectivity index (χ1n) is 8.98. The first kappa shape index (κ1) is 20.8. The number of rotatable bonds is 5. The van der Waals surface area contributed by atoms with Crippen LogP contribution in [0.5, 0.6) is 5.75 Å². The third kappa shape index (κ3) is 6.61. The van der Waals surface area contributed by atoms with Gasteiger partial charge in [0.1, 0.15) is 11.4 Å². The summed E-state index contributed by atoms with van der Waals surface area (Å²) in [6.07, 6.45) is 3.60. The van der Waals surface area contributed by atoms with Gasteiger partial charge in [0.25, 0.3) is 0 Å². The molecular formula is C22H29NO4. The van der Waals surface area contributed by atoms with E-state index >= 15 is 0 Å². The highest BCUT2D eigenvalue weighted by molar-refractivity contribution is 5.69. The maximum Gasteiger partial charge on any atom is 0.408 e. The van der Waals surface area contributed by atoms with Crippen molar-refractivity contribution in [3.8, 4) is 5.75 Å². The molecule has 0 bridgehead atoms. The molecule has 0 aliphatic carbocycles. The molecule has 1 aliphatic heterocycles. The second-order valence-electron chi connectivity index (χ2n) is 7.54. The Balaban J connectivity index is 2.06. The molecule has 5 heteroatoms. The summed E-state index contributed by atoms with van der Waals surface area (Å²) in [6.45, 7) is 12.6. The minimum atomic E-state index is -0.534. The lowest BCUT2D eigenvalue weighted by atomic mass is 9.96. The Kier molecular flexibility index (Phi) is 6.86. The van der Waals surface area contributed by atoms with Gasteiger partial charge in [-0.3, -0.25) is 0 Å². The monoisotopic (exact) mass is 371 g/mol. The molecule has 0 aromatic heterocycles. The summed E-state index contributed by atoms with van der Waals surface area (Å²) in [5, 5.41) is 2.82. The molecule has 0 unspecified atom stereocenters. The van der Waals surface area contributed by atoms with E-state index in [-0.39, 0.29) is 6.04 Å². The van der Waals surface area contributed by atoms with Crippen molar-refractivity contribution in [3.05, 3.63) is 59.2 Å². The number of allylic oxidation sites excluding steroid dienone is 1. The van der Waals surface area contributed by atoms with Crippen LogP contribution in [0.2, 0.25) is 0 Å². The molecule has 2 rings (SSSR count). The Morgan fingerprint density at radius 2 is 1.96 bits per heavy atom. The predicted octanol–water partition coefficient (Wildman–Crippen LogP) is 4.50. The summed E-state index contributed by atoms with van der Waals surface area (Å²) in [4.78, 5) is 12.0. The highest BCUT2D eigenvalue weighted by Crippen LogP contribution is 2.24. The number of benzene rings is 1. The van der Waals surface area contributed by atoms with Crippen LogP contribution in [0.1, 0.15) is 33.3 Å². The lowest BCUT2D eigenvalue weighted by Crippen LogP contribution is -2.42. The van der Waals surface area contributed by atoms with Crippen molar-refractivity contribution in [1.82, 2.24) is 5.32 Å². The van der Waals surface area contributed by atoms with Crippen LogP contribution in [-0.4, -0.2) is 38.1 Å². The van der Waals surface area contributed by atoms with E-state index in [0.717, 1.165) is 28.0 Å². The van der Waals surface area contributed by atoms with Crippen molar-refractivity contribution in [2.75, 3.05) is 20.3 Å². The number of methoxy groups -OCH3 is 1. The Labute approximate surface area is 161 Å². The zero-order chi connectivity index (χ0) is 20.0. The fourth-order valence-corrected chi connectivity index (χ4v) is 2.66. The summed E-state index contributed by atoms with van der Waals surface area (Å²) in [7, 11) is 1.65. The van der Waals surface area contributed by atoms with Gasteiger partial charge in [0, 0.05) is 0 Å². The van der Waals surface area contributed by atoms with Crippen molar-refractivity contribution in [3.63, 3.8) is 0 Å². The molecule has 1 aromatic carbocycles. The number of nitrogens with one attached hydrogen (secondary N) is 1. The third-order valence-corrected chi connectivity index (χ3v) is 4.02. The molecule has 0 spiro atoms. The van der Waals surface area contributed by atoms with Crippen molar-refractivity contribution in [2.45, 2.75) is 39.3 Å². The molecular weight excluding hydrogens is 342 g/mol. The zero-order valence-corrected chi connectivity index (χ0v) is 16.8. The number of ether oxygens (including phenoxy) is 3. The van der Waals surface area contributed by atoms with Crippen molar-refractivity contribution >= 4 is 12.2 Å². The Bertz CT molecular complexity index is 739. The van der Waals surface area contributed by atoms with Gasteiger partial charge in [-0.25, -0.2) is 4.79 Å². The Morgan fingerprint density at radius 1 is 1.30 bits per heavy atom. The number of amides is 1. The quantitative estimate of drug-likeness (QED) is 0.774. The van der Waals surface area contributed by atoms with E-state index in [1.165, 1.54) is 0 Å². The molecule has 1 heterocycles. The average molecular weight is 371 g/mol. The second-order valence-corrected chi connectivity index (χ2v) is 7.54. The van der Waals surface area contributed by atoms with Crippen LogP contribution in [0.25, 0.3) is 6.08 Å². The lowest BCUT2D eigenvalue weighted by molar-refractivity contribution is 0.0466. The minimum Gasteiger partial charge on any atom is -0.497 e. The SMILES string of the molecule is C=C(C1=C[C@@H](NC(=O)OC(C)(C)C)COC1)/C(C)=C/c1ccc(OC)cc1. The van der Waals surface area contributed by atoms with Gasteiger partial charge in [0.15, 0.2) is 0 Å². The van der Waals surface area contributed by atoms with Crippen LogP contribution in [0, 0.1) is 0 Å². The normalized spacial score (nSPS) is 17.7. The van der Waals surface area contributed by atoms with E-state index in [0.29, 0.717) is 13.2 Å². The van der Waals surface area contributed by atoms with Crippen LogP contribution >= 0.6 is 0 Å². The van der Waals surface area contributed by atoms with Gasteiger partial charge in [0.2, 0.25) is 0 Å². The number of carbonyl (C=O) groups excluding carboxylic acids is 1. The van der Waals surface area contributed by atoms with E-state index in [4.69, 9.17) is 14.2 Å². The predicted molar refractivity (Wildman–Crippen MR) is 108 cm³/mol. The zero-order valence-electron chi connectivity index (χ0n) is 16.8. The molecule has 0 saturated heterocycles. The minimum absolute atomic E-state index is 0.242. The molecule has 1 N–H and O–H groups in total. The lowest BCUT2D eigenvalue weighted by Gasteiger charge is -2.26. The topological polar surface area (TPSA) is 56.8 Å². The van der Waals surface area contributed by atoms with Crippen molar-refractivity contribution in [1.29, 1.82) is 0 Å². The molecule has 0 fully saturated rings. The summed E-state index contributed by atoms with van der Waals surface area (Å²) in [6, 6.07) is 7.59. The fourth-order valence-electron chi connectivity index (χ4n) is 2.66. The van der Waals surface area contributed by atoms with E-state index in [9.17, 15) is 4.79 Å². The van der Waals surface area contributed by atoms with Gasteiger partial charge in [-0.2, -0.15) is 0 Å². The molecule has 1 amide bonds. The second kappa shape index (κ2) is 8.91. The van der Waals surface area contributed by atoms with Gasteiger partial charge >= 0.3 is 6.09 Å². The van der Waals surface area contributed by atoms with Gasteiger partial charge in [0.05, 0.1) is 26.4 Å². The van der Waals surface area contributed by atoms with Crippen molar-refractivity contribution in [2.24, 2.45) is 0 Å². The van der Waals surface area contributed by atoms with E-state index in [1.54, 1.807) is 7.11 Å². The van der Waals surface area contributed by atoms with E-state index in [1.807, 2.05) is 58.0 Å². The summed E-state index contributed by atoms with van der Waals surface area (Å²) in [5.41, 5.74) is 3.42. The summed E-state index contributed by atoms with van der Waals surface area (Å²) >= 11 is 0. The van der Waals surface area contributed by atoms with Crippen LogP contribution in [-0.2, 0) is 9.47 Å². The molecule has 1 aliphatic rings. The fraction of sp³-hybridized carbons (Fsp3) is 0.409. The molecule has 0 radical (unpaired) electrons. The molecule has 146 valence electrons. The number of carbonyl (C=O) groups is 1. The van der Waals surface area contributed by atoms with Gasteiger partial charge < -0.3 is 19.5 Å². The largest absolute Gasteiger partial charge is 0.497 e. The number of hydrogen-bond acceptors (Lipinski definition) is 4. The third-order valence-electron chi connectivity index (χ3n) is 4.02. The first-order valence-corrected chi connectivity index (χ1v) is 8.98. The van der Waals surface area contributed by atoms with Crippen LogP contribution in [0.15, 0.2) is 53.6 Å². The smallest absolute Gasteiger partial charge is 0.408 e. The van der Waals surface area contributed by atoms with E-state index in [2.05, 4.69) is 18.0 Å². The number of hydrogen-bond donors (Lipinski definition) is 1. The summed E-state index contributed by atoms with van der Waals surface area (Å²) in [5.74, 6) is 0.822. The molecule has 1 atom stereocenters. The molecule has 27 heavy (non-hydrogen) atoms. The molecule has 0 saturated carbocycles. The Hall–Kier alpha value is -2.53. The Morgan fingerprint density at radius 3 is 2.56 bits per heavy atom. The molecule has 1 aromatic rings. The maximum atomic E-state index is 12.0. The summed E-state index contributed by atoms with van der Waals surface area (Å²) < 4.78 is 16.1. The highest BCUT2D eigenvalue weighted by atomic mass is 16.6. The van der Waals surface area contributed by atoms with E-state index < -0.39 is 11.7 Å². The van der Waals surface area contributed by atoms with Crippen molar-refractivity contribution < 1.29 is 19.0 Å². The number of alkyl carbamates (subject to hydrolysis) is 1. The highest BCUT2D eigenvalue weighted by Gasteiger charge is 2.22. The van der Waals surface area contributed by atoms with Gasteiger partial charge in [-0.05, 0) is 62.1 Å². The average Bonchev–Trinajstić information content (AvgIpc) is 2.60. The van der Waals surface area contributed by atoms with Crippen LogP contribution < -0.4 is 10.1 Å². The first-order chi connectivity index (χ1) is 12.7. The molecule has 5 nitrogen and oxygen atoms in total.